The Kier molecular flexibility index (Phi) is 6.38. The van der Waals surface area contributed by atoms with Gasteiger partial charge in [-0.2, -0.15) is 0 Å². The van der Waals surface area contributed by atoms with Gasteiger partial charge in [-0.25, -0.2) is 4.98 Å². The molecule has 0 saturated carbocycles. The van der Waals surface area contributed by atoms with Crippen LogP contribution in [0.5, 0.6) is 5.75 Å². The Morgan fingerprint density at radius 3 is 2.55 bits per heavy atom. The van der Waals surface area contributed by atoms with Gasteiger partial charge < -0.3 is 14.5 Å². The number of aromatic nitrogens is 1. The predicted molar refractivity (Wildman–Crippen MR) is 134 cm³/mol. The number of amides is 1. The van der Waals surface area contributed by atoms with Crippen molar-refractivity contribution in [3.63, 3.8) is 0 Å². The topological polar surface area (TPSA) is 48.9 Å². The Hall–Kier alpha value is -2.45. The van der Waals surface area contributed by atoms with E-state index >= 15 is 0 Å². The lowest BCUT2D eigenvalue weighted by Gasteiger charge is -2.33. The molecule has 0 N–H and O–H groups in total. The molecule has 0 bridgehead atoms. The van der Waals surface area contributed by atoms with Crippen LogP contribution in [0.25, 0.3) is 10.6 Å². The van der Waals surface area contributed by atoms with E-state index in [1.807, 2.05) is 41.3 Å². The Morgan fingerprint density at radius 2 is 1.82 bits per heavy atom. The first kappa shape index (κ1) is 22.3. The number of hydrogen-bond donors (Lipinski definition) is 0. The molecule has 6 nitrogen and oxygen atoms in total. The smallest absolute Gasteiger partial charge is 0.270 e. The lowest BCUT2D eigenvalue weighted by Crippen LogP contribution is -2.43. The molecule has 3 aromatic rings. The summed E-state index contributed by atoms with van der Waals surface area (Å²) in [6, 6.07) is 13.7. The fourth-order valence-electron chi connectivity index (χ4n) is 4.37. The van der Waals surface area contributed by atoms with Crippen LogP contribution >= 0.6 is 22.9 Å². The van der Waals surface area contributed by atoms with Crippen molar-refractivity contribution in [3.05, 3.63) is 63.6 Å². The number of thiazole rings is 1. The molecule has 1 saturated heterocycles. The zero-order chi connectivity index (χ0) is 22.9. The Morgan fingerprint density at radius 1 is 1.06 bits per heavy atom. The van der Waals surface area contributed by atoms with Gasteiger partial charge in [0.15, 0.2) is 0 Å². The zero-order valence-electron chi connectivity index (χ0n) is 18.9. The van der Waals surface area contributed by atoms with Gasteiger partial charge in [-0.3, -0.25) is 9.69 Å². The van der Waals surface area contributed by atoms with Crippen molar-refractivity contribution in [2.45, 2.75) is 13.0 Å². The highest BCUT2D eigenvalue weighted by atomic mass is 35.5. The van der Waals surface area contributed by atoms with Crippen LogP contribution in [0.15, 0.2) is 42.5 Å². The summed E-state index contributed by atoms with van der Waals surface area (Å²) in [5.74, 6) is 0.832. The summed E-state index contributed by atoms with van der Waals surface area (Å²) in [7, 11) is 3.86. The number of benzene rings is 2. The summed E-state index contributed by atoms with van der Waals surface area (Å²) in [4.78, 5) is 25.5. The minimum Gasteiger partial charge on any atom is -0.496 e. The van der Waals surface area contributed by atoms with Gasteiger partial charge in [-0.05, 0) is 25.2 Å². The van der Waals surface area contributed by atoms with Gasteiger partial charge in [0.05, 0.1) is 12.8 Å². The molecule has 0 atom stereocenters. The minimum absolute atomic E-state index is 0.00262. The second-order valence-electron chi connectivity index (χ2n) is 8.58. The number of halogens is 1. The summed E-state index contributed by atoms with van der Waals surface area (Å²) in [5.41, 5.74) is 3.88. The van der Waals surface area contributed by atoms with Gasteiger partial charge >= 0.3 is 0 Å². The van der Waals surface area contributed by atoms with Crippen molar-refractivity contribution in [1.29, 1.82) is 0 Å². The predicted octanol–water partition coefficient (Wildman–Crippen LogP) is 4.42. The van der Waals surface area contributed by atoms with Crippen molar-refractivity contribution >= 4 is 34.5 Å². The molecule has 1 aromatic heterocycles. The van der Waals surface area contributed by atoms with Crippen molar-refractivity contribution in [1.82, 2.24) is 14.8 Å². The molecule has 2 aliphatic heterocycles. The van der Waals surface area contributed by atoms with E-state index in [9.17, 15) is 4.79 Å². The number of ether oxygens (including phenoxy) is 1. The van der Waals surface area contributed by atoms with Gasteiger partial charge in [-0.15, -0.1) is 11.3 Å². The molecule has 8 heteroatoms. The number of anilines is 1. The van der Waals surface area contributed by atoms with Crippen molar-refractivity contribution in [2.24, 2.45) is 0 Å². The molecule has 1 fully saturated rings. The maximum Gasteiger partial charge on any atom is 0.270 e. The largest absolute Gasteiger partial charge is 0.496 e. The molecule has 0 unspecified atom stereocenters. The van der Waals surface area contributed by atoms with Crippen LogP contribution in [-0.2, 0) is 13.0 Å². The second kappa shape index (κ2) is 9.43. The number of methoxy groups -OCH3 is 1. The number of piperazine rings is 1. The highest BCUT2D eigenvalue weighted by Crippen LogP contribution is 2.35. The van der Waals surface area contributed by atoms with Gasteiger partial charge in [0.2, 0.25) is 0 Å². The molecular formula is C25H27ClN4O2S. The molecule has 2 aromatic carbocycles. The maximum atomic E-state index is 13.4. The lowest BCUT2D eigenvalue weighted by molar-refractivity contribution is 0.0984. The molecule has 172 valence electrons. The zero-order valence-corrected chi connectivity index (χ0v) is 20.5. The van der Waals surface area contributed by atoms with E-state index in [0.29, 0.717) is 16.4 Å². The standard InChI is InChI=1S/C25H27ClN4O2S/c1-28-11-13-29(14-12-28)16-18-5-8-20(15-22(18)32-2)30-10-9-21-23(25(30)31)33-24(27-21)17-3-6-19(26)7-4-17/h3-8,15H,9-14,16H2,1-2H3. The number of likely N-dealkylation sites (N-methyl/N-ethyl adjacent to an activating group) is 1. The Labute approximate surface area is 203 Å². The van der Waals surface area contributed by atoms with Crippen LogP contribution in [0, 0.1) is 0 Å². The summed E-state index contributed by atoms with van der Waals surface area (Å²) < 4.78 is 5.72. The first-order valence-electron chi connectivity index (χ1n) is 11.2. The number of nitrogens with zero attached hydrogens (tertiary/aromatic N) is 4. The minimum atomic E-state index is 0.00262. The summed E-state index contributed by atoms with van der Waals surface area (Å²) >= 11 is 7.46. The average molecular weight is 483 g/mol. The van der Waals surface area contributed by atoms with E-state index in [1.165, 1.54) is 11.3 Å². The molecule has 33 heavy (non-hydrogen) atoms. The van der Waals surface area contributed by atoms with Gasteiger partial charge in [0.25, 0.3) is 5.91 Å². The van der Waals surface area contributed by atoms with Crippen molar-refractivity contribution in [2.75, 3.05) is 51.8 Å². The first-order chi connectivity index (χ1) is 16.0. The molecule has 3 heterocycles. The molecule has 0 aliphatic carbocycles. The van der Waals surface area contributed by atoms with Crippen LogP contribution in [0.4, 0.5) is 5.69 Å². The van der Waals surface area contributed by atoms with Crippen LogP contribution in [0.3, 0.4) is 0 Å². The summed E-state index contributed by atoms with van der Waals surface area (Å²) in [5, 5.41) is 1.54. The van der Waals surface area contributed by atoms with Crippen LogP contribution < -0.4 is 9.64 Å². The van der Waals surface area contributed by atoms with Crippen LogP contribution in [0.2, 0.25) is 5.02 Å². The number of carbonyl (C=O) groups excluding carboxylic acids is 1. The highest BCUT2D eigenvalue weighted by molar-refractivity contribution is 7.17. The quantitative estimate of drug-likeness (QED) is 0.538. The second-order valence-corrected chi connectivity index (χ2v) is 10.0. The van der Waals surface area contributed by atoms with Crippen LogP contribution in [0.1, 0.15) is 20.9 Å². The van der Waals surface area contributed by atoms with Crippen molar-refractivity contribution < 1.29 is 9.53 Å². The number of hydrogen-bond acceptors (Lipinski definition) is 6. The molecular weight excluding hydrogens is 456 g/mol. The Balaban J connectivity index is 1.36. The monoisotopic (exact) mass is 482 g/mol. The molecule has 5 rings (SSSR count). The average Bonchev–Trinajstić information content (AvgIpc) is 3.27. The van der Waals surface area contributed by atoms with E-state index in [0.717, 1.165) is 72.4 Å². The summed E-state index contributed by atoms with van der Waals surface area (Å²) in [6.07, 6.45) is 0.733. The fraction of sp³-hybridized carbons (Fsp3) is 0.360. The van der Waals surface area contributed by atoms with E-state index < -0.39 is 0 Å². The van der Waals surface area contributed by atoms with Gasteiger partial charge in [0, 0.05) is 73.6 Å². The third-order valence-electron chi connectivity index (χ3n) is 6.37. The van der Waals surface area contributed by atoms with E-state index in [2.05, 4.69) is 22.9 Å². The molecule has 0 radical (unpaired) electrons. The third kappa shape index (κ3) is 4.64. The first-order valence-corrected chi connectivity index (χ1v) is 12.4. The van der Waals surface area contributed by atoms with Crippen molar-refractivity contribution in [3.8, 4) is 16.3 Å². The lowest BCUT2D eigenvalue weighted by atomic mass is 10.1. The molecule has 0 spiro atoms. The normalized spacial score (nSPS) is 17.3. The Bertz CT molecular complexity index is 1160. The van der Waals surface area contributed by atoms with E-state index in [4.69, 9.17) is 21.3 Å². The third-order valence-corrected chi connectivity index (χ3v) is 7.76. The number of fused-ring (bicyclic) bond motifs is 1. The number of carbonyl (C=O) groups is 1. The van der Waals surface area contributed by atoms with Gasteiger partial charge in [-0.1, -0.05) is 29.8 Å². The highest BCUT2D eigenvalue weighted by Gasteiger charge is 2.30. The van der Waals surface area contributed by atoms with Gasteiger partial charge in [0.1, 0.15) is 15.6 Å². The SMILES string of the molecule is COc1cc(N2CCc3nc(-c4ccc(Cl)cc4)sc3C2=O)ccc1CN1CCN(C)CC1. The van der Waals surface area contributed by atoms with Crippen LogP contribution in [-0.4, -0.2) is 67.6 Å². The molecule has 2 aliphatic rings. The summed E-state index contributed by atoms with van der Waals surface area (Å²) in [6.45, 7) is 5.73. The van der Waals surface area contributed by atoms with E-state index in [-0.39, 0.29) is 5.91 Å². The number of rotatable bonds is 5. The van der Waals surface area contributed by atoms with E-state index in [1.54, 1.807) is 7.11 Å². The molecule has 1 amide bonds. The maximum absolute atomic E-state index is 13.4. The fourth-order valence-corrected chi connectivity index (χ4v) is 5.56.